The standard InChI is InChI=1S/C13H22N4/c1-2-11(10-13-16-8-9-17-13)4-3-5-12-14-6-7-15-12/h3-4,11H,2,5-10H2,1H3,(H,14,15)(H,16,17). The fourth-order valence-corrected chi connectivity index (χ4v) is 2.14. The zero-order valence-electron chi connectivity index (χ0n) is 10.6. The Bertz CT molecular complexity index is 330. The molecule has 94 valence electrons. The van der Waals surface area contributed by atoms with Gasteiger partial charge in [-0.15, -0.1) is 0 Å². The summed E-state index contributed by atoms with van der Waals surface area (Å²) in [5.74, 6) is 2.91. The molecule has 0 radical (unpaired) electrons. The first-order valence-corrected chi connectivity index (χ1v) is 6.59. The van der Waals surface area contributed by atoms with E-state index in [4.69, 9.17) is 0 Å². The highest BCUT2D eigenvalue weighted by Gasteiger charge is 2.10. The van der Waals surface area contributed by atoms with Gasteiger partial charge in [0.25, 0.3) is 0 Å². The molecule has 4 heteroatoms. The van der Waals surface area contributed by atoms with Gasteiger partial charge in [-0.3, -0.25) is 9.98 Å². The highest BCUT2D eigenvalue weighted by molar-refractivity contribution is 5.85. The lowest BCUT2D eigenvalue weighted by Crippen LogP contribution is -2.21. The third kappa shape index (κ3) is 3.88. The molecule has 0 aromatic heterocycles. The molecule has 0 fully saturated rings. The van der Waals surface area contributed by atoms with E-state index in [1.165, 1.54) is 5.84 Å². The van der Waals surface area contributed by atoms with Gasteiger partial charge in [-0.05, 0) is 12.3 Å². The van der Waals surface area contributed by atoms with Crippen molar-refractivity contribution in [3.05, 3.63) is 12.2 Å². The van der Waals surface area contributed by atoms with Crippen LogP contribution in [0.25, 0.3) is 0 Å². The van der Waals surface area contributed by atoms with E-state index in [0.717, 1.165) is 51.3 Å². The van der Waals surface area contributed by atoms with Crippen molar-refractivity contribution >= 4 is 11.7 Å². The molecular formula is C13H22N4. The average Bonchev–Trinajstić information content (AvgIpc) is 3.00. The second-order valence-electron chi connectivity index (χ2n) is 4.52. The number of hydrogen-bond acceptors (Lipinski definition) is 4. The van der Waals surface area contributed by atoms with Crippen molar-refractivity contribution in [2.24, 2.45) is 15.9 Å². The number of hydrogen-bond donors (Lipinski definition) is 2. The number of nitrogens with one attached hydrogen (secondary N) is 2. The van der Waals surface area contributed by atoms with E-state index < -0.39 is 0 Å². The summed E-state index contributed by atoms with van der Waals surface area (Å²) in [5.41, 5.74) is 0. The molecule has 0 aromatic rings. The number of aliphatic imine (C=N–C) groups is 2. The molecule has 0 bridgehead atoms. The van der Waals surface area contributed by atoms with E-state index in [-0.39, 0.29) is 0 Å². The highest BCUT2D eigenvalue weighted by atomic mass is 15.1. The first kappa shape index (κ1) is 12.1. The smallest absolute Gasteiger partial charge is 0.100 e. The second-order valence-corrected chi connectivity index (χ2v) is 4.52. The van der Waals surface area contributed by atoms with Gasteiger partial charge in [0.1, 0.15) is 5.84 Å². The summed E-state index contributed by atoms with van der Waals surface area (Å²) < 4.78 is 0. The second kappa shape index (κ2) is 6.42. The first-order chi connectivity index (χ1) is 8.38. The van der Waals surface area contributed by atoms with E-state index in [1.807, 2.05) is 0 Å². The summed E-state index contributed by atoms with van der Waals surface area (Å²) in [7, 11) is 0. The van der Waals surface area contributed by atoms with E-state index in [1.54, 1.807) is 0 Å². The van der Waals surface area contributed by atoms with E-state index >= 15 is 0 Å². The molecule has 0 saturated carbocycles. The maximum absolute atomic E-state index is 4.44. The zero-order chi connectivity index (χ0) is 11.9. The first-order valence-electron chi connectivity index (χ1n) is 6.59. The third-order valence-electron chi connectivity index (χ3n) is 3.19. The largest absolute Gasteiger partial charge is 0.372 e. The van der Waals surface area contributed by atoms with Gasteiger partial charge in [0.05, 0.1) is 18.9 Å². The van der Waals surface area contributed by atoms with Crippen LogP contribution in [-0.4, -0.2) is 37.9 Å². The summed E-state index contributed by atoms with van der Waals surface area (Å²) in [5, 5.41) is 6.62. The summed E-state index contributed by atoms with van der Waals surface area (Å²) in [6.07, 6.45) is 7.70. The van der Waals surface area contributed by atoms with Crippen molar-refractivity contribution in [2.45, 2.75) is 26.2 Å². The van der Waals surface area contributed by atoms with Gasteiger partial charge >= 0.3 is 0 Å². The average molecular weight is 234 g/mol. The maximum atomic E-state index is 4.44. The monoisotopic (exact) mass is 234 g/mol. The minimum absolute atomic E-state index is 0.598. The van der Waals surface area contributed by atoms with Crippen LogP contribution < -0.4 is 10.6 Å². The van der Waals surface area contributed by atoms with Crippen LogP contribution in [0.15, 0.2) is 22.1 Å². The molecule has 4 nitrogen and oxygen atoms in total. The lowest BCUT2D eigenvalue weighted by atomic mass is 10.0. The molecular weight excluding hydrogens is 212 g/mol. The molecule has 0 amide bonds. The van der Waals surface area contributed by atoms with Crippen LogP contribution in [0, 0.1) is 5.92 Å². The Morgan fingerprint density at radius 2 is 1.88 bits per heavy atom. The van der Waals surface area contributed by atoms with Crippen LogP contribution in [0.1, 0.15) is 26.2 Å². The number of rotatable bonds is 6. The van der Waals surface area contributed by atoms with Gasteiger partial charge in [0.2, 0.25) is 0 Å². The van der Waals surface area contributed by atoms with Crippen molar-refractivity contribution < 1.29 is 0 Å². The van der Waals surface area contributed by atoms with Crippen molar-refractivity contribution in [1.82, 2.24) is 10.6 Å². The fraction of sp³-hybridized carbons (Fsp3) is 0.692. The SMILES string of the molecule is CCC(C=CCC1=NCCN1)CC1=NCCN1. The van der Waals surface area contributed by atoms with Crippen LogP contribution in [0.5, 0.6) is 0 Å². The van der Waals surface area contributed by atoms with Crippen LogP contribution >= 0.6 is 0 Å². The molecule has 2 aliphatic rings. The number of amidine groups is 2. The lowest BCUT2D eigenvalue weighted by molar-refractivity contribution is 0.647. The predicted octanol–water partition coefficient (Wildman–Crippen LogP) is 1.35. The van der Waals surface area contributed by atoms with E-state index in [2.05, 4.69) is 39.7 Å². The van der Waals surface area contributed by atoms with E-state index in [9.17, 15) is 0 Å². The molecule has 17 heavy (non-hydrogen) atoms. The van der Waals surface area contributed by atoms with Crippen LogP contribution in [0.3, 0.4) is 0 Å². The van der Waals surface area contributed by atoms with Gasteiger partial charge in [0.15, 0.2) is 0 Å². The van der Waals surface area contributed by atoms with Crippen LogP contribution in [0.2, 0.25) is 0 Å². The van der Waals surface area contributed by atoms with Crippen molar-refractivity contribution in [3.63, 3.8) is 0 Å². The molecule has 1 unspecified atom stereocenters. The molecule has 0 aliphatic carbocycles. The summed E-state index contributed by atoms with van der Waals surface area (Å²) in [6, 6.07) is 0. The van der Waals surface area contributed by atoms with Gasteiger partial charge in [-0.25, -0.2) is 0 Å². The molecule has 0 saturated heterocycles. The minimum atomic E-state index is 0.598. The van der Waals surface area contributed by atoms with E-state index in [0.29, 0.717) is 5.92 Å². The highest BCUT2D eigenvalue weighted by Crippen LogP contribution is 2.12. The lowest BCUT2D eigenvalue weighted by Gasteiger charge is -2.10. The van der Waals surface area contributed by atoms with Crippen molar-refractivity contribution in [3.8, 4) is 0 Å². The molecule has 2 aliphatic heterocycles. The third-order valence-corrected chi connectivity index (χ3v) is 3.19. The Hall–Kier alpha value is -1.32. The normalized spacial score (nSPS) is 21.0. The van der Waals surface area contributed by atoms with Crippen molar-refractivity contribution in [2.75, 3.05) is 26.2 Å². The molecule has 2 rings (SSSR count). The van der Waals surface area contributed by atoms with Gasteiger partial charge < -0.3 is 10.6 Å². The van der Waals surface area contributed by atoms with Crippen LogP contribution in [-0.2, 0) is 0 Å². The van der Waals surface area contributed by atoms with Crippen LogP contribution in [0.4, 0.5) is 0 Å². The van der Waals surface area contributed by atoms with Gasteiger partial charge in [-0.1, -0.05) is 19.1 Å². The van der Waals surface area contributed by atoms with Gasteiger partial charge in [-0.2, -0.15) is 0 Å². The summed E-state index contributed by atoms with van der Waals surface area (Å²) in [4.78, 5) is 8.82. The topological polar surface area (TPSA) is 48.8 Å². The molecule has 1 atom stereocenters. The maximum Gasteiger partial charge on any atom is 0.100 e. The Kier molecular flexibility index (Phi) is 4.59. The molecule has 0 aromatic carbocycles. The Morgan fingerprint density at radius 1 is 1.18 bits per heavy atom. The minimum Gasteiger partial charge on any atom is -0.372 e. The molecule has 2 N–H and O–H groups in total. The summed E-state index contributed by atoms with van der Waals surface area (Å²) >= 11 is 0. The number of allylic oxidation sites excluding steroid dienone is 1. The quantitative estimate of drug-likeness (QED) is 0.682. The predicted molar refractivity (Wildman–Crippen MR) is 72.8 cm³/mol. The fourth-order valence-electron chi connectivity index (χ4n) is 2.14. The van der Waals surface area contributed by atoms with Gasteiger partial charge in [0, 0.05) is 25.9 Å². The zero-order valence-corrected chi connectivity index (χ0v) is 10.6. The summed E-state index contributed by atoms with van der Waals surface area (Å²) in [6.45, 7) is 6.12. The van der Waals surface area contributed by atoms with Crippen molar-refractivity contribution in [1.29, 1.82) is 0 Å². The molecule has 0 spiro atoms. The Morgan fingerprint density at radius 3 is 2.47 bits per heavy atom. The number of nitrogens with zero attached hydrogens (tertiary/aromatic N) is 2. The Labute approximate surface area is 103 Å². The Balaban J connectivity index is 1.75. The molecule has 2 heterocycles.